The van der Waals surface area contributed by atoms with Crippen molar-refractivity contribution in [2.24, 2.45) is 0 Å². The van der Waals surface area contributed by atoms with Crippen LogP contribution < -0.4 is 0 Å². The quantitative estimate of drug-likeness (QED) is 0.250. The van der Waals surface area contributed by atoms with Gasteiger partial charge in [0, 0.05) is 10.5 Å². The molecule has 0 bridgehead atoms. The summed E-state index contributed by atoms with van der Waals surface area (Å²) >= 11 is 4.56. The van der Waals surface area contributed by atoms with E-state index in [0.29, 0.717) is 0 Å². The Balaban J connectivity index is 0.000000321. The van der Waals surface area contributed by atoms with Crippen LogP contribution in [-0.2, 0) is 10.1 Å². The van der Waals surface area contributed by atoms with E-state index in [2.05, 4.69) is 12.6 Å². The van der Waals surface area contributed by atoms with Gasteiger partial charge in [0.25, 0.3) is 0 Å². The molecular formula is C19H15F3O5S2. The monoisotopic (exact) mass is 444 g/mol. The smallest absolute Gasteiger partial charge is 0.508 e. The molecule has 3 N–H and O–H groups in total. The Morgan fingerprint density at radius 3 is 1.59 bits per heavy atom. The number of hydrogen-bond donors (Lipinski definition) is 4. The van der Waals surface area contributed by atoms with E-state index in [1.807, 2.05) is 42.5 Å². The van der Waals surface area contributed by atoms with Gasteiger partial charge in [-0.05, 0) is 47.0 Å². The lowest BCUT2D eigenvalue weighted by Crippen LogP contribution is -2.21. The lowest BCUT2D eigenvalue weighted by Gasteiger charge is -2.13. The molecule has 0 spiro atoms. The van der Waals surface area contributed by atoms with Crippen LogP contribution in [0.2, 0.25) is 0 Å². The van der Waals surface area contributed by atoms with Crippen LogP contribution in [0, 0.1) is 0 Å². The van der Waals surface area contributed by atoms with Crippen molar-refractivity contribution in [2.75, 3.05) is 0 Å². The van der Waals surface area contributed by atoms with Gasteiger partial charge in [-0.15, -0.1) is 12.6 Å². The van der Waals surface area contributed by atoms with Crippen LogP contribution in [-0.4, -0.2) is 28.7 Å². The molecule has 154 valence electrons. The third-order valence-electron chi connectivity index (χ3n) is 3.67. The van der Waals surface area contributed by atoms with E-state index in [1.54, 1.807) is 24.3 Å². The average Bonchev–Trinajstić information content (AvgIpc) is 2.62. The second kappa shape index (κ2) is 8.76. The number of alkyl halides is 3. The molecule has 0 amide bonds. The molecule has 0 aromatic heterocycles. The van der Waals surface area contributed by atoms with Crippen molar-refractivity contribution in [3.63, 3.8) is 0 Å². The van der Waals surface area contributed by atoms with Gasteiger partial charge in [-0.2, -0.15) is 21.6 Å². The summed E-state index contributed by atoms with van der Waals surface area (Å²) in [6.45, 7) is 0. The molecule has 0 aliphatic carbocycles. The minimum absolute atomic E-state index is 0.238. The zero-order chi connectivity index (χ0) is 21.8. The Bertz CT molecular complexity index is 1080. The summed E-state index contributed by atoms with van der Waals surface area (Å²) in [6, 6.07) is 20.1. The maximum Gasteiger partial charge on any atom is 0.522 e. The highest BCUT2D eigenvalue weighted by Gasteiger charge is 2.44. The van der Waals surface area contributed by atoms with Gasteiger partial charge in [-0.3, -0.25) is 4.55 Å². The second-order valence-electron chi connectivity index (χ2n) is 5.71. The standard InChI is InChI=1S/C18H14O2S.CHF3O3S/c19-14-8-4-12(5-9-14)16-2-1-3-17(21)18(16)13-6-10-15(20)11-7-13;2-1(3,4)8(5,6)7/h1-11,19-21H;(H,5,6,7). The molecule has 0 saturated carbocycles. The van der Waals surface area contributed by atoms with Crippen LogP contribution in [0.4, 0.5) is 13.2 Å². The van der Waals surface area contributed by atoms with Crippen LogP contribution in [0.25, 0.3) is 22.3 Å². The van der Waals surface area contributed by atoms with E-state index in [9.17, 15) is 23.4 Å². The number of benzene rings is 3. The van der Waals surface area contributed by atoms with Crippen LogP contribution in [0.3, 0.4) is 0 Å². The molecule has 29 heavy (non-hydrogen) atoms. The lowest BCUT2D eigenvalue weighted by molar-refractivity contribution is -0.0510. The fourth-order valence-electron chi connectivity index (χ4n) is 2.35. The Kier molecular flexibility index (Phi) is 6.83. The summed E-state index contributed by atoms with van der Waals surface area (Å²) < 4.78 is 57.5. The number of phenolic OH excluding ortho intramolecular Hbond substituents is 2. The molecule has 0 aliphatic heterocycles. The van der Waals surface area contributed by atoms with Crippen molar-refractivity contribution in [1.29, 1.82) is 0 Å². The van der Waals surface area contributed by atoms with Gasteiger partial charge >= 0.3 is 15.6 Å². The van der Waals surface area contributed by atoms with Crippen molar-refractivity contribution in [1.82, 2.24) is 0 Å². The summed E-state index contributed by atoms with van der Waals surface area (Å²) in [6.07, 6.45) is 0. The predicted molar refractivity (Wildman–Crippen MR) is 105 cm³/mol. The van der Waals surface area contributed by atoms with Gasteiger partial charge in [0.05, 0.1) is 0 Å². The van der Waals surface area contributed by atoms with Gasteiger partial charge in [-0.1, -0.05) is 36.4 Å². The largest absolute Gasteiger partial charge is 0.522 e. The van der Waals surface area contributed by atoms with Crippen molar-refractivity contribution in [3.05, 3.63) is 66.7 Å². The molecule has 0 radical (unpaired) electrons. The number of phenols is 2. The topological polar surface area (TPSA) is 94.8 Å². The highest BCUT2D eigenvalue weighted by atomic mass is 32.2. The summed E-state index contributed by atoms with van der Waals surface area (Å²) in [5.41, 5.74) is -1.50. The number of halogens is 3. The third kappa shape index (κ3) is 5.89. The first kappa shape index (κ1) is 22.6. The Morgan fingerprint density at radius 2 is 1.17 bits per heavy atom. The summed E-state index contributed by atoms with van der Waals surface area (Å²) in [7, 11) is -5.84. The molecule has 3 aromatic rings. The van der Waals surface area contributed by atoms with Crippen LogP contribution in [0.1, 0.15) is 0 Å². The van der Waals surface area contributed by atoms with E-state index in [4.69, 9.17) is 13.0 Å². The van der Waals surface area contributed by atoms with Crippen LogP contribution in [0.15, 0.2) is 71.6 Å². The second-order valence-corrected chi connectivity index (χ2v) is 7.61. The maximum atomic E-state index is 10.7. The van der Waals surface area contributed by atoms with E-state index >= 15 is 0 Å². The highest BCUT2D eigenvalue weighted by molar-refractivity contribution is 7.86. The molecule has 0 heterocycles. The van der Waals surface area contributed by atoms with E-state index in [-0.39, 0.29) is 11.5 Å². The zero-order valence-electron chi connectivity index (χ0n) is 14.5. The summed E-state index contributed by atoms with van der Waals surface area (Å²) in [5, 5.41) is 18.9. The third-order valence-corrected chi connectivity index (χ3v) is 4.63. The van der Waals surface area contributed by atoms with E-state index in [0.717, 1.165) is 27.1 Å². The Morgan fingerprint density at radius 1 is 0.759 bits per heavy atom. The number of hydrogen-bond acceptors (Lipinski definition) is 5. The molecule has 0 saturated heterocycles. The first-order valence-corrected chi connectivity index (χ1v) is 9.73. The van der Waals surface area contributed by atoms with Gasteiger partial charge in [0.1, 0.15) is 11.5 Å². The molecule has 10 heteroatoms. The molecule has 0 atom stereocenters. The minimum atomic E-state index is -5.84. The molecule has 5 nitrogen and oxygen atoms in total. The first-order valence-electron chi connectivity index (χ1n) is 7.84. The van der Waals surface area contributed by atoms with Gasteiger partial charge in [-0.25, -0.2) is 0 Å². The molecule has 0 aliphatic rings. The van der Waals surface area contributed by atoms with Crippen LogP contribution in [0.5, 0.6) is 11.5 Å². The summed E-state index contributed by atoms with van der Waals surface area (Å²) in [5.74, 6) is 0.480. The first-order chi connectivity index (χ1) is 13.4. The maximum absolute atomic E-state index is 10.7. The van der Waals surface area contributed by atoms with Crippen molar-refractivity contribution >= 4 is 22.7 Å². The normalized spacial score (nSPS) is 11.5. The Labute approximate surface area is 170 Å². The number of rotatable bonds is 2. The van der Waals surface area contributed by atoms with Crippen LogP contribution >= 0.6 is 12.6 Å². The molecule has 3 rings (SSSR count). The fourth-order valence-corrected chi connectivity index (χ4v) is 2.69. The zero-order valence-corrected chi connectivity index (χ0v) is 16.2. The lowest BCUT2D eigenvalue weighted by atomic mass is 9.94. The molecule has 3 aromatic carbocycles. The Hall–Kier alpha value is -2.69. The van der Waals surface area contributed by atoms with Gasteiger partial charge in [0.2, 0.25) is 0 Å². The number of thiol groups is 1. The van der Waals surface area contributed by atoms with Crippen molar-refractivity contribution in [2.45, 2.75) is 10.4 Å². The highest BCUT2D eigenvalue weighted by Crippen LogP contribution is 2.37. The fraction of sp³-hybridized carbons (Fsp3) is 0.0526. The molecule has 0 fully saturated rings. The SMILES string of the molecule is O=S(=O)(O)C(F)(F)F.Oc1ccc(-c2cccc(S)c2-c2ccc(O)cc2)cc1. The average molecular weight is 444 g/mol. The molecular weight excluding hydrogens is 429 g/mol. The van der Waals surface area contributed by atoms with Gasteiger partial charge in [0.15, 0.2) is 0 Å². The van der Waals surface area contributed by atoms with E-state index in [1.165, 1.54) is 0 Å². The van der Waals surface area contributed by atoms with Crippen molar-refractivity contribution in [3.8, 4) is 33.8 Å². The van der Waals surface area contributed by atoms with Crippen molar-refractivity contribution < 1.29 is 36.4 Å². The number of aromatic hydroxyl groups is 2. The minimum Gasteiger partial charge on any atom is -0.508 e. The molecule has 0 unspecified atom stereocenters. The van der Waals surface area contributed by atoms with Gasteiger partial charge < -0.3 is 10.2 Å². The summed E-state index contributed by atoms with van der Waals surface area (Å²) in [4.78, 5) is 0.867. The van der Waals surface area contributed by atoms with E-state index < -0.39 is 15.6 Å². The predicted octanol–water partition coefficient (Wildman–Crippen LogP) is 5.11.